The first-order chi connectivity index (χ1) is 9.94. The van der Waals surface area contributed by atoms with Crippen LogP contribution in [0.25, 0.3) is 0 Å². The maximum atomic E-state index is 11.3. The molecule has 2 aromatic carbocycles. The van der Waals surface area contributed by atoms with Crippen molar-refractivity contribution in [3.8, 4) is 5.75 Å². The SMILES string of the molecule is NP(=O)(O)Nc1ccc(O)cc1CCCc1ccccc1. The van der Waals surface area contributed by atoms with Gasteiger partial charge in [-0.2, -0.15) is 0 Å². The van der Waals surface area contributed by atoms with Crippen LogP contribution in [0.1, 0.15) is 17.5 Å². The minimum absolute atomic E-state index is 0.125. The van der Waals surface area contributed by atoms with Gasteiger partial charge >= 0.3 is 7.67 Å². The van der Waals surface area contributed by atoms with Crippen LogP contribution < -0.4 is 10.6 Å². The molecule has 0 saturated carbocycles. The number of phenols is 1. The van der Waals surface area contributed by atoms with Crippen molar-refractivity contribution in [2.75, 3.05) is 5.09 Å². The summed E-state index contributed by atoms with van der Waals surface area (Å²) >= 11 is 0. The van der Waals surface area contributed by atoms with E-state index in [2.05, 4.69) is 17.2 Å². The van der Waals surface area contributed by atoms with Crippen LogP contribution >= 0.6 is 7.67 Å². The summed E-state index contributed by atoms with van der Waals surface area (Å²) in [7, 11) is -3.85. The molecular formula is C15H19N2O3P. The van der Waals surface area contributed by atoms with Gasteiger partial charge in [-0.15, -0.1) is 0 Å². The normalized spacial score (nSPS) is 13.6. The molecule has 0 aliphatic carbocycles. The summed E-state index contributed by atoms with van der Waals surface area (Å²) in [5.74, 6) is 0.125. The molecule has 5 N–H and O–H groups in total. The first kappa shape index (κ1) is 15.6. The Morgan fingerprint density at radius 3 is 2.48 bits per heavy atom. The van der Waals surface area contributed by atoms with Crippen LogP contribution in [-0.4, -0.2) is 10.00 Å². The number of nitrogens with one attached hydrogen (secondary N) is 1. The highest BCUT2D eigenvalue weighted by molar-refractivity contribution is 7.57. The predicted octanol–water partition coefficient (Wildman–Crippen LogP) is 3.04. The molecule has 1 unspecified atom stereocenters. The van der Waals surface area contributed by atoms with Gasteiger partial charge in [-0.05, 0) is 48.6 Å². The molecule has 5 nitrogen and oxygen atoms in total. The summed E-state index contributed by atoms with van der Waals surface area (Å²) in [6.45, 7) is 0. The average molecular weight is 306 g/mol. The Labute approximate surface area is 124 Å². The lowest BCUT2D eigenvalue weighted by Gasteiger charge is -2.14. The predicted molar refractivity (Wildman–Crippen MR) is 84.2 cm³/mol. The third kappa shape index (κ3) is 5.23. The lowest BCUT2D eigenvalue weighted by atomic mass is 10.0. The van der Waals surface area contributed by atoms with Gasteiger partial charge in [0, 0.05) is 5.69 Å². The van der Waals surface area contributed by atoms with Crippen LogP contribution in [0.5, 0.6) is 5.75 Å². The third-order valence-corrected chi connectivity index (χ3v) is 3.69. The van der Waals surface area contributed by atoms with Gasteiger partial charge < -0.3 is 15.1 Å². The Balaban J connectivity index is 2.04. The molecule has 0 fully saturated rings. The smallest absolute Gasteiger partial charge is 0.360 e. The van der Waals surface area contributed by atoms with Crippen LogP contribution in [0, 0.1) is 0 Å². The van der Waals surface area contributed by atoms with Crippen LogP contribution in [0.2, 0.25) is 0 Å². The van der Waals surface area contributed by atoms with E-state index >= 15 is 0 Å². The van der Waals surface area contributed by atoms with E-state index in [-0.39, 0.29) is 5.75 Å². The number of nitrogens with two attached hydrogens (primary N) is 1. The largest absolute Gasteiger partial charge is 0.508 e. The fourth-order valence-electron chi connectivity index (χ4n) is 2.20. The number of aryl methyl sites for hydroxylation is 2. The summed E-state index contributed by atoms with van der Waals surface area (Å²) in [6.07, 6.45) is 2.43. The number of hydrogen-bond donors (Lipinski definition) is 4. The van der Waals surface area contributed by atoms with Crippen molar-refractivity contribution < 1.29 is 14.6 Å². The highest BCUT2D eigenvalue weighted by Gasteiger charge is 2.13. The maximum absolute atomic E-state index is 11.3. The average Bonchev–Trinajstić information content (AvgIpc) is 2.42. The zero-order chi connectivity index (χ0) is 15.3. The van der Waals surface area contributed by atoms with E-state index in [4.69, 9.17) is 5.50 Å². The highest BCUT2D eigenvalue weighted by atomic mass is 31.2. The van der Waals surface area contributed by atoms with E-state index in [1.165, 1.54) is 11.6 Å². The van der Waals surface area contributed by atoms with Crippen molar-refractivity contribution in [1.29, 1.82) is 0 Å². The van der Waals surface area contributed by atoms with Crippen molar-refractivity contribution in [2.45, 2.75) is 19.3 Å². The summed E-state index contributed by atoms with van der Waals surface area (Å²) in [5, 5.41) is 12.0. The molecule has 0 aliphatic heterocycles. The van der Waals surface area contributed by atoms with Crippen molar-refractivity contribution in [1.82, 2.24) is 0 Å². The lowest BCUT2D eigenvalue weighted by Crippen LogP contribution is -2.06. The first-order valence-electron chi connectivity index (χ1n) is 6.69. The van der Waals surface area contributed by atoms with Gasteiger partial charge in [-0.3, -0.25) is 0 Å². The number of hydrogen-bond acceptors (Lipinski definition) is 2. The van der Waals surface area contributed by atoms with Gasteiger partial charge in [-0.1, -0.05) is 30.3 Å². The fraction of sp³-hybridized carbons (Fsp3) is 0.200. The molecule has 0 radical (unpaired) electrons. The summed E-state index contributed by atoms with van der Waals surface area (Å²) < 4.78 is 11.3. The second kappa shape index (κ2) is 6.76. The second-order valence-electron chi connectivity index (χ2n) is 4.92. The number of aromatic hydroxyl groups is 1. The molecule has 0 aromatic heterocycles. The second-order valence-corrected chi connectivity index (χ2v) is 6.38. The highest BCUT2D eigenvalue weighted by Crippen LogP contribution is 2.34. The standard InChI is InChI=1S/C15H19N2O3P/c16-21(19,20)17-15-10-9-14(18)11-13(15)8-4-7-12-5-2-1-3-6-12/h1-3,5-6,9-11,18H,4,7-8H2,(H4,16,17,19,20). The summed E-state index contributed by atoms with van der Waals surface area (Å²) in [5.41, 5.74) is 7.62. The van der Waals surface area contributed by atoms with E-state index in [0.29, 0.717) is 12.1 Å². The van der Waals surface area contributed by atoms with Crippen LogP contribution in [0.3, 0.4) is 0 Å². The molecule has 0 aliphatic rings. The molecule has 2 aromatic rings. The minimum Gasteiger partial charge on any atom is -0.508 e. The lowest BCUT2D eigenvalue weighted by molar-refractivity contribution is 0.474. The quantitative estimate of drug-likeness (QED) is 0.486. The Morgan fingerprint density at radius 1 is 1.10 bits per heavy atom. The molecule has 0 amide bonds. The van der Waals surface area contributed by atoms with Gasteiger partial charge in [0.25, 0.3) is 0 Å². The number of benzene rings is 2. The van der Waals surface area contributed by atoms with E-state index in [0.717, 1.165) is 18.4 Å². The van der Waals surface area contributed by atoms with Crippen molar-refractivity contribution in [3.05, 3.63) is 59.7 Å². The first-order valence-corrected chi connectivity index (χ1v) is 8.42. The summed E-state index contributed by atoms with van der Waals surface area (Å²) in [6, 6.07) is 14.7. The zero-order valence-corrected chi connectivity index (χ0v) is 12.5. The Kier molecular flexibility index (Phi) is 5.02. The molecule has 0 spiro atoms. The van der Waals surface area contributed by atoms with Crippen LogP contribution in [0.15, 0.2) is 48.5 Å². The van der Waals surface area contributed by atoms with Crippen LogP contribution in [0.4, 0.5) is 5.69 Å². The Hall–Kier alpha value is -1.81. The topological polar surface area (TPSA) is 95.6 Å². The minimum atomic E-state index is -3.85. The zero-order valence-electron chi connectivity index (χ0n) is 11.6. The molecule has 0 bridgehead atoms. The maximum Gasteiger partial charge on any atom is 0.360 e. The molecule has 0 heterocycles. The summed E-state index contributed by atoms with van der Waals surface area (Å²) in [4.78, 5) is 9.23. The Bertz CT molecular complexity index is 641. The Morgan fingerprint density at radius 2 is 1.81 bits per heavy atom. The number of rotatable bonds is 6. The van der Waals surface area contributed by atoms with Gasteiger partial charge in [0.15, 0.2) is 0 Å². The number of phenolic OH excluding ortho intramolecular Hbond substituents is 1. The van der Waals surface area contributed by atoms with E-state index in [1.807, 2.05) is 18.2 Å². The van der Waals surface area contributed by atoms with Gasteiger partial charge in [-0.25, -0.2) is 10.1 Å². The molecule has 6 heteroatoms. The fourth-order valence-corrected chi connectivity index (χ4v) is 2.76. The number of anilines is 1. The van der Waals surface area contributed by atoms with E-state index in [1.54, 1.807) is 12.1 Å². The van der Waals surface area contributed by atoms with E-state index in [9.17, 15) is 14.6 Å². The van der Waals surface area contributed by atoms with Gasteiger partial charge in [0.2, 0.25) is 0 Å². The van der Waals surface area contributed by atoms with Crippen molar-refractivity contribution >= 4 is 13.4 Å². The third-order valence-electron chi connectivity index (χ3n) is 3.12. The van der Waals surface area contributed by atoms with Crippen LogP contribution in [-0.2, 0) is 17.4 Å². The van der Waals surface area contributed by atoms with Crippen molar-refractivity contribution in [2.24, 2.45) is 5.50 Å². The van der Waals surface area contributed by atoms with Gasteiger partial charge in [0.05, 0.1) is 0 Å². The molecular weight excluding hydrogens is 287 g/mol. The molecule has 0 saturated heterocycles. The van der Waals surface area contributed by atoms with Crippen molar-refractivity contribution in [3.63, 3.8) is 0 Å². The molecule has 1 atom stereocenters. The van der Waals surface area contributed by atoms with Gasteiger partial charge in [0.1, 0.15) is 5.75 Å². The molecule has 2 rings (SSSR count). The monoisotopic (exact) mass is 306 g/mol. The molecule has 21 heavy (non-hydrogen) atoms. The molecule has 112 valence electrons. The van der Waals surface area contributed by atoms with E-state index < -0.39 is 7.67 Å².